The first-order valence-electron chi connectivity index (χ1n) is 10.3. The average molecular weight is 429 g/mol. The summed E-state index contributed by atoms with van der Waals surface area (Å²) in [6.45, 7) is 2.93. The van der Waals surface area contributed by atoms with E-state index in [1.165, 1.54) is 42.0 Å². The molecular weight excluding hydrogens is 400 g/mol. The van der Waals surface area contributed by atoms with E-state index in [1.54, 1.807) is 11.3 Å². The minimum absolute atomic E-state index is 0. The molecule has 1 amide bonds. The summed E-state index contributed by atoms with van der Waals surface area (Å²) in [7, 11) is 0. The van der Waals surface area contributed by atoms with Gasteiger partial charge in [0, 0.05) is 6.54 Å². The van der Waals surface area contributed by atoms with Gasteiger partial charge in [-0.2, -0.15) is 11.3 Å². The van der Waals surface area contributed by atoms with Gasteiger partial charge in [0.25, 0.3) is 0 Å². The van der Waals surface area contributed by atoms with Crippen LogP contribution in [0.5, 0.6) is 0 Å². The Hall–Kier alpha value is -1.88. The lowest BCUT2D eigenvalue weighted by molar-refractivity contribution is -0.120. The second kappa shape index (κ2) is 10.8. The van der Waals surface area contributed by atoms with Crippen LogP contribution in [-0.2, 0) is 11.2 Å². The van der Waals surface area contributed by atoms with Crippen LogP contribution in [0.25, 0.3) is 10.8 Å². The molecule has 0 aliphatic carbocycles. The number of hydrogen-bond donors (Lipinski definition) is 1. The number of hydrogen-bond acceptors (Lipinski definition) is 3. The van der Waals surface area contributed by atoms with Crippen molar-refractivity contribution in [3.8, 4) is 0 Å². The molecule has 0 spiro atoms. The van der Waals surface area contributed by atoms with Crippen molar-refractivity contribution in [3.63, 3.8) is 0 Å². The second-order valence-corrected chi connectivity index (χ2v) is 8.42. The summed E-state index contributed by atoms with van der Waals surface area (Å²) in [5, 5.41) is 9.95. The number of nitrogens with one attached hydrogen (secondary N) is 1. The summed E-state index contributed by atoms with van der Waals surface area (Å²) in [6, 6.07) is 17.0. The standard InChI is InChI=1S/C24H28N2OS.ClH/c27-24(16-20-10-7-9-19-8-3-4-11-22(19)20)25-17-23(21-12-15-28-18-21)26-13-5-1-2-6-14-26;/h3-4,7-12,15,18,23H,1-2,5-6,13-14,16-17H2,(H,25,27);1H. The van der Waals surface area contributed by atoms with Crippen LogP contribution in [-0.4, -0.2) is 30.4 Å². The molecule has 1 N–H and O–H groups in total. The summed E-state index contributed by atoms with van der Waals surface area (Å²) in [6.07, 6.45) is 5.58. The molecule has 1 atom stereocenters. The topological polar surface area (TPSA) is 32.3 Å². The van der Waals surface area contributed by atoms with Crippen molar-refractivity contribution >= 4 is 40.4 Å². The van der Waals surface area contributed by atoms with Gasteiger partial charge in [0.1, 0.15) is 0 Å². The minimum atomic E-state index is 0. The van der Waals surface area contributed by atoms with Crippen LogP contribution < -0.4 is 5.32 Å². The predicted molar refractivity (Wildman–Crippen MR) is 125 cm³/mol. The van der Waals surface area contributed by atoms with Gasteiger partial charge in [-0.05, 0) is 64.7 Å². The van der Waals surface area contributed by atoms with Crippen molar-refractivity contribution in [3.05, 3.63) is 70.4 Å². The number of halogens is 1. The van der Waals surface area contributed by atoms with Crippen molar-refractivity contribution < 1.29 is 4.79 Å². The lowest BCUT2D eigenvalue weighted by Crippen LogP contribution is -2.39. The van der Waals surface area contributed by atoms with E-state index in [-0.39, 0.29) is 24.4 Å². The summed E-state index contributed by atoms with van der Waals surface area (Å²) in [4.78, 5) is 15.3. The number of rotatable bonds is 6. The van der Waals surface area contributed by atoms with Crippen LogP contribution >= 0.6 is 23.7 Å². The minimum Gasteiger partial charge on any atom is -0.354 e. The number of carbonyl (C=O) groups is 1. The van der Waals surface area contributed by atoms with Gasteiger partial charge < -0.3 is 5.32 Å². The van der Waals surface area contributed by atoms with Gasteiger partial charge in [-0.25, -0.2) is 0 Å². The van der Waals surface area contributed by atoms with Gasteiger partial charge in [-0.15, -0.1) is 12.4 Å². The maximum Gasteiger partial charge on any atom is 0.224 e. The summed E-state index contributed by atoms with van der Waals surface area (Å²) >= 11 is 1.74. The number of amides is 1. The predicted octanol–water partition coefficient (Wildman–Crippen LogP) is 5.60. The van der Waals surface area contributed by atoms with E-state index in [0.29, 0.717) is 13.0 Å². The Kier molecular flexibility index (Phi) is 8.10. The highest BCUT2D eigenvalue weighted by Crippen LogP contribution is 2.26. The van der Waals surface area contributed by atoms with Gasteiger partial charge in [-0.1, -0.05) is 55.3 Å². The van der Waals surface area contributed by atoms with Gasteiger partial charge in [0.15, 0.2) is 0 Å². The first-order valence-corrected chi connectivity index (χ1v) is 11.2. The highest BCUT2D eigenvalue weighted by Gasteiger charge is 2.22. The van der Waals surface area contributed by atoms with E-state index in [1.807, 2.05) is 18.2 Å². The first-order chi connectivity index (χ1) is 13.8. The van der Waals surface area contributed by atoms with E-state index < -0.39 is 0 Å². The molecule has 3 nitrogen and oxygen atoms in total. The SMILES string of the molecule is Cl.O=C(Cc1cccc2ccccc12)NCC(c1ccsc1)N1CCCCCC1. The van der Waals surface area contributed by atoms with Crippen molar-refractivity contribution in [1.82, 2.24) is 10.2 Å². The molecule has 1 unspecified atom stereocenters. The third-order valence-electron chi connectivity index (χ3n) is 5.73. The fraction of sp³-hybridized carbons (Fsp3) is 0.375. The molecule has 154 valence electrons. The van der Waals surface area contributed by atoms with Gasteiger partial charge in [-0.3, -0.25) is 9.69 Å². The quantitative estimate of drug-likeness (QED) is 0.554. The van der Waals surface area contributed by atoms with Gasteiger partial charge in [0.2, 0.25) is 5.91 Å². The van der Waals surface area contributed by atoms with Crippen LogP contribution in [0.3, 0.4) is 0 Å². The molecule has 1 aromatic heterocycles. The molecule has 2 heterocycles. The normalized spacial score (nSPS) is 16.0. The van der Waals surface area contributed by atoms with Gasteiger partial charge >= 0.3 is 0 Å². The molecule has 0 bridgehead atoms. The Morgan fingerprint density at radius 2 is 1.76 bits per heavy atom. The van der Waals surface area contributed by atoms with Crippen LogP contribution in [0.4, 0.5) is 0 Å². The van der Waals surface area contributed by atoms with Crippen LogP contribution in [0.15, 0.2) is 59.3 Å². The molecule has 0 saturated carbocycles. The zero-order valence-electron chi connectivity index (χ0n) is 16.7. The number of likely N-dealkylation sites (tertiary alicyclic amines) is 1. The third-order valence-corrected chi connectivity index (χ3v) is 6.43. The average Bonchev–Trinajstić information content (AvgIpc) is 3.11. The maximum atomic E-state index is 12.8. The summed E-state index contributed by atoms with van der Waals surface area (Å²) < 4.78 is 0. The van der Waals surface area contributed by atoms with E-state index in [2.05, 4.69) is 51.3 Å². The fourth-order valence-corrected chi connectivity index (χ4v) is 4.93. The first kappa shape index (κ1) is 21.8. The summed E-state index contributed by atoms with van der Waals surface area (Å²) in [5.74, 6) is 0.103. The highest BCUT2D eigenvalue weighted by molar-refractivity contribution is 7.08. The maximum absolute atomic E-state index is 12.8. The molecule has 3 aromatic rings. The lowest BCUT2D eigenvalue weighted by atomic mass is 10.0. The summed E-state index contributed by atoms with van der Waals surface area (Å²) in [5.41, 5.74) is 2.43. The number of carbonyl (C=O) groups excluding carboxylic acids is 1. The fourth-order valence-electron chi connectivity index (χ4n) is 4.22. The molecule has 1 saturated heterocycles. The lowest BCUT2D eigenvalue weighted by Gasteiger charge is -2.30. The molecule has 29 heavy (non-hydrogen) atoms. The Labute approximate surface area is 183 Å². The van der Waals surface area contributed by atoms with Crippen LogP contribution in [0.2, 0.25) is 0 Å². The van der Waals surface area contributed by atoms with E-state index >= 15 is 0 Å². The van der Waals surface area contributed by atoms with Crippen molar-refractivity contribution in [2.75, 3.05) is 19.6 Å². The largest absolute Gasteiger partial charge is 0.354 e. The molecule has 1 fully saturated rings. The third kappa shape index (κ3) is 5.59. The Morgan fingerprint density at radius 1 is 1.00 bits per heavy atom. The molecular formula is C24H29ClN2OS. The van der Waals surface area contributed by atoms with Crippen molar-refractivity contribution in [2.24, 2.45) is 0 Å². The van der Waals surface area contributed by atoms with E-state index in [4.69, 9.17) is 0 Å². The smallest absolute Gasteiger partial charge is 0.224 e. The number of benzene rings is 2. The van der Waals surface area contributed by atoms with E-state index in [9.17, 15) is 4.79 Å². The Balaban J connectivity index is 0.00000240. The zero-order valence-corrected chi connectivity index (χ0v) is 18.3. The van der Waals surface area contributed by atoms with Crippen LogP contribution in [0.1, 0.15) is 42.9 Å². The molecule has 4 rings (SSSR count). The number of fused-ring (bicyclic) bond motifs is 1. The van der Waals surface area contributed by atoms with Gasteiger partial charge in [0.05, 0.1) is 12.5 Å². The zero-order chi connectivity index (χ0) is 19.2. The number of thiophene rings is 1. The highest BCUT2D eigenvalue weighted by atomic mass is 35.5. The molecule has 2 aromatic carbocycles. The van der Waals surface area contributed by atoms with Crippen molar-refractivity contribution in [1.29, 1.82) is 0 Å². The monoisotopic (exact) mass is 428 g/mol. The Bertz CT molecular complexity index is 899. The van der Waals surface area contributed by atoms with E-state index in [0.717, 1.165) is 18.7 Å². The molecule has 5 heteroatoms. The Morgan fingerprint density at radius 3 is 2.52 bits per heavy atom. The molecule has 1 aliphatic heterocycles. The number of nitrogens with zero attached hydrogens (tertiary/aromatic N) is 1. The van der Waals surface area contributed by atoms with Crippen LogP contribution in [0, 0.1) is 0 Å². The second-order valence-electron chi connectivity index (χ2n) is 7.64. The molecule has 0 radical (unpaired) electrons. The van der Waals surface area contributed by atoms with Crippen molar-refractivity contribution in [2.45, 2.75) is 38.1 Å². The molecule has 1 aliphatic rings.